The van der Waals surface area contributed by atoms with Gasteiger partial charge in [-0.1, -0.05) is 12.1 Å². The van der Waals surface area contributed by atoms with Crippen LogP contribution in [0.3, 0.4) is 0 Å². The summed E-state index contributed by atoms with van der Waals surface area (Å²) in [4.78, 5) is 13.8. The summed E-state index contributed by atoms with van der Waals surface area (Å²) in [7, 11) is 1.91. The fourth-order valence-corrected chi connectivity index (χ4v) is 1.61. The van der Waals surface area contributed by atoms with Crippen LogP contribution in [0.5, 0.6) is 0 Å². The van der Waals surface area contributed by atoms with Crippen LogP contribution in [0.2, 0.25) is 0 Å². The monoisotopic (exact) mass is 260 g/mol. The summed E-state index contributed by atoms with van der Waals surface area (Å²) >= 11 is 0. The van der Waals surface area contributed by atoms with Gasteiger partial charge in [0.25, 0.3) is 0 Å². The Labute approximate surface area is 114 Å². The van der Waals surface area contributed by atoms with Crippen molar-refractivity contribution in [2.45, 2.75) is 25.8 Å². The number of carbonyl (C=O) groups excluding carboxylic acids is 1. The van der Waals surface area contributed by atoms with Crippen LogP contribution in [0.25, 0.3) is 0 Å². The Balaban J connectivity index is 2.41. The average molecular weight is 260 g/mol. The topological polar surface area (TPSA) is 82.2 Å². The smallest absolute Gasteiger partial charge is 0.225 e. The molecular formula is C14H20N4O. The molecule has 3 N–H and O–H groups in total. The van der Waals surface area contributed by atoms with E-state index in [2.05, 4.69) is 11.4 Å². The van der Waals surface area contributed by atoms with Gasteiger partial charge in [-0.15, -0.1) is 0 Å². The van der Waals surface area contributed by atoms with E-state index in [-0.39, 0.29) is 11.9 Å². The van der Waals surface area contributed by atoms with Crippen LogP contribution in [0, 0.1) is 11.3 Å². The highest BCUT2D eigenvalue weighted by Gasteiger charge is 2.11. The van der Waals surface area contributed by atoms with Crippen molar-refractivity contribution < 1.29 is 4.79 Å². The van der Waals surface area contributed by atoms with E-state index < -0.39 is 0 Å². The molecule has 102 valence electrons. The van der Waals surface area contributed by atoms with Crippen LogP contribution in [0.15, 0.2) is 24.3 Å². The fourth-order valence-electron chi connectivity index (χ4n) is 1.61. The van der Waals surface area contributed by atoms with Crippen LogP contribution in [0.1, 0.15) is 19.8 Å². The molecule has 1 rings (SSSR count). The lowest BCUT2D eigenvalue weighted by Crippen LogP contribution is -2.31. The number of nitrogens with one attached hydrogen (secondary N) is 1. The molecule has 5 heteroatoms. The van der Waals surface area contributed by atoms with Crippen molar-refractivity contribution in [1.29, 1.82) is 5.26 Å². The predicted octanol–water partition coefficient (Wildman–Crippen LogP) is 1.83. The molecular weight excluding hydrogens is 240 g/mol. The number of para-hydroxylation sites is 2. The van der Waals surface area contributed by atoms with Gasteiger partial charge in [0.15, 0.2) is 0 Å². The van der Waals surface area contributed by atoms with Crippen LogP contribution in [-0.2, 0) is 4.79 Å². The van der Waals surface area contributed by atoms with Gasteiger partial charge in [-0.25, -0.2) is 0 Å². The molecule has 0 aliphatic rings. The van der Waals surface area contributed by atoms with Crippen molar-refractivity contribution >= 4 is 17.3 Å². The van der Waals surface area contributed by atoms with Gasteiger partial charge in [0.05, 0.1) is 23.9 Å². The molecule has 0 bridgehead atoms. The van der Waals surface area contributed by atoms with Gasteiger partial charge >= 0.3 is 0 Å². The summed E-state index contributed by atoms with van der Waals surface area (Å²) < 4.78 is 0. The van der Waals surface area contributed by atoms with E-state index in [4.69, 9.17) is 11.0 Å². The molecule has 0 fully saturated rings. The van der Waals surface area contributed by atoms with E-state index in [9.17, 15) is 4.79 Å². The molecule has 1 atom stereocenters. The first kappa shape index (κ1) is 15.0. The molecule has 1 amide bonds. The van der Waals surface area contributed by atoms with Crippen molar-refractivity contribution in [3.05, 3.63) is 24.3 Å². The predicted molar refractivity (Wildman–Crippen MR) is 76.4 cm³/mol. The van der Waals surface area contributed by atoms with Gasteiger partial charge in [-0.2, -0.15) is 5.26 Å². The molecule has 19 heavy (non-hydrogen) atoms. The molecule has 5 nitrogen and oxygen atoms in total. The lowest BCUT2D eigenvalue weighted by atomic mass is 10.2. The second-order valence-corrected chi connectivity index (χ2v) is 4.58. The molecule has 0 aromatic heterocycles. The summed E-state index contributed by atoms with van der Waals surface area (Å²) in [6, 6.07) is 9.45. The van der Waals surface area contributed by atoms with Crippen LogP contribution in [0.4, 0.5) is 11.4 Å². The third-order valence-electron chi connectivity index (χ3n) is 3.07. The zero-order chi connectivity index (χ0) is 14.3. The maximum Gasteiger partial charge on any atom is 0.225 e. The highest BCUT2D eigenvalue weighted by Crippen LogP contribution is 2.16. The molecule has 0 spiro atoms. The lowest BCUT2D eigenvalue weighted by Gasteiger charge is -2.22. The van der Waals surface area contributed by atoms with E-state index in [1.165, 1.54) is 0 Å². The van der Waals surface area contributed by atoms with E-state index >= 15 is 0 Å². The summed E-state index contributed by atoms with van der Waals surface area (Å²) in [6.07, 6.45) is 0.838. The van der Waals surface area contributed by atoms with Crippen molar-refractivity contribution in [1.82, 2.24) is 4.90 Å². The Morgan fingerprint density at radius 1 is 1.53 bits per heavy atom. The Morgan fingerprint density at radius 3 is 2.84 bits per heavy atom. The number of hydrogen-bond acceptors (Lipinski definition) is 4. The fraction of sp³-hybridized carbons (Fsp3) is 0.429. The highest BCUT2D eigenvalue weighted by molar-refractivity contribution is 5.93. The summed E-state index contributed by atoms with van der Waals surface area (Å²) in [5, 5.41) is 11.4. The van der Waals surface area contributed by atoms with E-state index in [1.807, 2.05) is 31.0 Å². The van der Waals surface area contributed by atoms with Gasteiger partial charge < -0.3 is 16.0 Å². The first-order valence-corrected chi connectivity index (χ1v) is 6.26. The zero-order valence-corrected chi connectivity index (χ0v) is 11.4. The van der Waals surface area contributed by atoms with Crippen LogP contribution < -0.4 is 11.1 Å². The molecule has 1 aromatic carbocycles. The minimum Gasteiger partial charge on any atom is -0.397 e. The van der Waals surface area contributed by atoms with E-state index in [0.717, 1.165) is 0 Å². The Morgan fingerprint density at radius 2 is 2.21 bits per heavy atom. The van der Waals surface area contributed by atoms with Crippen LogP contribution >= 0.6 is 0 Å². The van der Waals surface area contributed by atoms with Gasteiger partial charge in [-0.3, -0.25) is 4.79 Å². The first-order valence-electron chi connectivity index (χ1n) is 6.26. The summed E-state index contributed by atoms with van der Waals surface area (Å²) in [6.45, 7) is 2.58. The number of nitriles is 1. The number of benzene rings is 1. The Kier molecular flexibility index (Phi) is 5.83. The SMILES string of the molecule is CC(CC#N)N(C)CCC(=O)Nc1ccccc1N. The standard InChI is InChI=1S/C14H20N4O/c1-11(7-9-15)18(2)10-8-14(19)17-13-6-4-3-5-12(13)16/h3-6,11H,7-8,10,16H2,1-2H3,(H,17,19). The third-order valence-corrected chi connectivity index (χ3v) is 3.07. The quantitative estimate of drug-likeness (QED) is 0.764. The molecule has 0 aliphatic carbocycles. The molecule has 0 aliphatic heterocycles. The zero-order valence-electron chi connectivity index (χ0n) is 11.4. The number of hydrogen-bond donors (Lipinski definition) is 2. The third kappa shape index (κ3) is 4.98. The van der Waals surface area contributed by atoms with Gasteiger partial charge in [-0.05, 0) is 26.1 Å². The van der Waals surface area contributed by atoms with Crippen molar-refractivity contribution in [2.24, 2.45) is 0 Å². The number of amides is 1. The highest BCUT2D eigenvalue weighted by atomic mass is 16.1. The minimum atomic E-state index is -0.0751. The van der Waals surface area contributed by atoms with E-state index in [1.54, 1.807) is 12.1 Å². The molecule has 0 saturated carbocycles. The van der Waals surface area contributed by atoms with Gasteiger partial charge in [0.2, 0.25) is 5.91 Å². The summed E-state index contributed by atoms with van der Waals surface area (Å²) in [5.74, 6) is -0.0751. The Bertz CT molecular complexity index is 467. The number of nitrogens with two attached hydrogens (primary N) is 1. The molecule has 0 radical (unpaired) electrons. The number of nitrogens with zero attached hydrogens (tertiary/aromatic N) is 2. The minimum absolute atomic E-state index is 0.0751. The number of anilines is 2. The first-order chi connectivity index (χ1) is 9.04. The number of rotatable bonds is 6. The summed E-state index contributed by atoms with van der Waals surface area (Å²) in [5.41, 5.74) is 6.95. The van der Waals surface area contributed by atoms with Gasteiger partial charge in [0.1, 0.15) is 0 Å². The van der Waals surface area contributed by atoms with Crippen molar-refractivity contribution in [3.8, 4) is 6.07 Å². The second-order valence-electron chi connectivity index (χ2n) is 4.58. The Hall–Kier alpha value is -2.06. The molecule has 1 aromatic rings. The number of nitrogen functional groups attached to an aromatic ring is 1. The number of carbonyl (C=O) groups is 1. The van der Waals surface area contributed by atoms with Crippen molar-refractivity contribution in [3.63, 3.8) is 0 Å². The molecule has 0 saturated heterocycles. The molecule has 1 unspecified atom stereocenters. The maximum atomic E-state index is 11.8. The van der Waals surface area contributed by atoms with Gasteiger partial charge in [0, 0.05) is 19.0 Å². The van der Waals surface area contributed by atoms with Crippen LogP contribution in [-0.4, -0.2) is 30.4 Å². The van der Waals surface area contributed by atoms with Crippen molar-refractivity contribution in [2.75, 3.05) is 24.6 Å². The maximum absolute atomic E-state index is 11.8. The largest absolute Gasteiger partial charge is 0.397 e. The molecule has 0 heterocycles. The average Bonchev–Trinajstić information content (AvgIpc) is 2.39. The lowest BCUT2D eigenvalue weighted by molar-refractivity contribution is -0.116. The second kappa shape index (κ2) is 7.39. The normalized spacial score (nSPS) is 11.9. The van der Waals surface area contributed by atoms with E-state index in [0.29, 0.717) is 30.8 Å².